The fourth-order valence-corrected chi connectivity index (χ4v) is 3.08. The Labute approximate surface area is 141 Å². The molecule has 2 rings (SSSR count). The Balaban J connectivity index is 2.16. The molecule has 0 spiro atoms. The highest BCUT2D eigenvalue weighted by molar-refractivity contribution is 7.80. The van der Waals surface area contributed by atoms with Crippen molar-refractivity contribution < 1.29 is 18.3 Å². The Morgan fingerprint density at radius 2 is 2.04 bits per heavy atom. The van der Waals surface area contributed by atoms with Gasteiger partial charge < -0.3 is 15.4 Å². The first-order chi connectivity index (χ1) is 10.9. The molecule has 8 heteroatoms. The average molecular weight is 356 g/mol. The van der Waals surface area contributed by atoms with Gasteiger partial charge in [-0.3, -0.25) is 0 Å². The van der Waals surface area contributed by atoms with Crippen LogP contribution in [-0.4, -0.2) is 18.2 Å². The van der Waals surface area contributed by atoms with Gasteiger partial charge in [0.2, 0.25) is 0 Å². The van der Waals surface area contributed by atoms with Gasteiger partial charge in [-0.2, -0.15) is 0 Å². The molecule has 0 atom stereocenters. The minimum Gasteiger partial charge on any atom is -0.465 e. The fourth-order valence-electron chi connectivity index (χ4n) is 1.82. The molecule has 0 radical (unpaired) electrons. The maximum absolute atomic E-state index is 13.6. The molecule has 0 saturated carbocycles. The van der Waals surface area contributed by atoms with Gasteiger partial charge in [-0.25, -0.2) is 13.6 Å². The second-order valence-corrected chi connectivity index (χ2v) is 6.05. The molecule has 0 fully saturated rings. The van der Waals surface area contributed by atoms with Crippen LogP contribution in [0.5, 0.6) is 0 Å². The van der Waals surface area contributed by atoms with Crippen LogP contribution in [0.3, 0.4) is 0 Å². The Kier molecular flexibility index (Phi) is 5.62. The van der Waals surface area contributed by atoms with Crippen molar-refractivity contribution in [2.45, 2.75) is 13.3 Å². The number of benzene rings is 1. The number of ether oxygens (including phenoxy) is 1. The Hall–Kier alpha value is -2.06. The van der Waals surface area contributed by atoms with Crippen molar-refractivity contribution in [1.29, 1.82) is 0 Å². The Bertz CT molecular complexity index is 747. The van der Waals surface area contributed by atoms with Gasteiger partial charge in [0, 0.05) is 10.9 Å². The maximum Gasteiger partial charge on any atom is 0.340 e. The fraction of sp³-hybridized carbons (Fsp3) is 0.200. The lowest BCUT2D eigenvalue weighted by Crippen LogP contribution is -2.20. The van der Waals surface area contributed by atoms with Gasteiger partial charge in [0.25, 0.3) is 0 Å². The van der Waals surface area contributed by atoms with E-state index >= 15 is 0 Å². The van der Waals surface area contributed by atoms with Gasteiger partial charge in [0.1, 0.15) is 16.6 Å². The van der Waals surface area contributed by atoms with Crippen molar-refractivity contribution in [3.8, 4) is 0 Å². The number of hydrogen-bond donors (Lipinski definition) is 2. The lowest BCUT2D eigenvalue weighted by Gasteiger charge is -2.11. The normalized spacial score (nSPS) is 10.3. The summed E-state index contributed by atoms with van der Waals surface area (Å²) in [4.78, 5) is 12.7. The van der Waals surface area contributed by atoms with E-state index in [1.54, 1.807) is 6.07 Å². The molecule has 1 aromatic heterocycles. The number of anilines is 2. The van der Waals surface area contributed by atoms with Crippen molar-refractivity contribution in [1.82, 2.24) is 0 Å². The molecule has 0 amide bonds. The number of thiophene rings is 1. The lowest BCUT2D eigenvalue weighted by atomic mass is 10.2. The number of esters is 1. The molecule has 122 valence electrons. The van der Waals surface area contributed by atoms with Crippen LogP contribution in [0.25, 0.3) is 0 Å². The molecule has 23 heavy (non-hydrogen) atoms. The van der Waals surface area contributed by atoms with E-state index in [4.69, 9.17) is 17.0 Å². The summed E-state index contributed by atoms with van der Waals surface area (Å²) in [6.07, 6.45) is 0.753. The molecule has 2 aromatic rings. The maximum atomic E-state index is 13.6. The number of aryl methyl sites for hydroxylation is 1. The average Bonchev–Trinajstić information content (AvgIpc) is 2.92. The van der Waals surface area contributed by atoms with Crippen molar-refractivity contribution in [2.75, 3.05) is 17.7 Å². The van der Waals surface area contributed by atoms with Crippen LogP contribution in [0.2, 0.25) is 0 Å². The van der Waals surface area contributed by atoms with Crippen molar-refractivity contribution in [3.05, 3.63) is 46.3 Å². The largest absolute Gasteiger partial charge is 0.465 e. The third-order valence-corrected chi connectivity index (χ3v) is 4.34. The van der Waals surface area contributed by atoms with Gasteiger partial charge in [-0.05, 0) is 36.8 Å². The first kappa shape index (κ1) is 17.3. The zero-order valence-corrected chi connectivity index (χ0v) is 14.0. The van der Waals surface area contributed by atoms with Crippen LogP contribution in [0.4, 0.5) is 19.5 Å². The first-order valence-electron chi connectivity index (χ1n) is 6.68. The highest BCUT2D eigenvalue weighted by Crippen LogP contribution is 2.29. The van der Waals surface area contributed by atoms with Gasteiger partial charge in [0.15, 0.2) is 5.11 Å². The second kappa shape index (κ2) is 7.47. The number of carbonyl (C=O) groups excluding carboxylic acids is 1. The van der Waals surface area contributed by atoms with Crippen LogP contribution < -0.4 is 10.6 Å². The molecule has 0 aliphatic heterocycles. The number of nitrogens with one attached hydrogen (secondary N) is 2. The number of halogens is 2. The van der Waals surface area contributed by atoms with Crippen molar-refractivity contribution in [2.24, 2.45) is 0 Å². The van der Waals surface area contributed by atoms with E-state index in [0.717, 1.165) is 23.4 Å². The Morgan fingerprint density at radius 1 is 1.30 bits per heavy atom. The number of carbonyl (C=O) groups is 1. The van der Waals surface area contributed by atoms with E-state index < -0.39 is 17.6 Å². The molecule has 4 nitrogen and oxygen atoms in total. The number of hydrogen-bond acceptors (Lipinski definition) is 4. The van der Waals surface area contributed by atoms with E-state index in [9.17, 15) is 13.6 Å². The molecule has 1 aromatic carbocycles. The third kappa shape index (κ3) is 4.23. The monoisotopic (exact) mass is 356 g/mol. The minimum absolute atomic E-state index is 0.0378. The molecule has 0 aliphatic carbocycles. The topological polar surface area (TPSA) is 50.4 Å². The van der Waals surface area contributed by atoms with Crippen LogP contribution >= 0.6 is 23.6 Å². The summed E-state index contributed by atoms with van der Waals surface area (Å²) in [6, 6.07) is 4.84. The first-order valence-corrected chi connectivity index (χ1v) is 7.91. The van der Waals surface area contributed by atoms with E-state index in [1.807, 2.05) is 6.92 Å². The van der Waals surface area contributed by atoms with Crippen molar-refractivity contribution >= 4 is 45.3 Å². The third-order valence-electron chi connectivity index (χ3n) is 2.94. The molecule has 0 bridgehead atoms. The number of methoxy groups -OCH3 is 1. The second-order valence-electron chi connectivity index (χ2n) is 4.50. The van der Waals surface area contributed by atoms with E-state index in [0.29, 0.717) is 10.6 Å². The van der Waals surface area contributed by atoms with Crippen LogP contribution in [-0.2, 0) is 11.2 Å². The number of thiocarbonyl (C=S) groups is 1. The van der Waals surface area contributed by atoms with E-state index in [2.05, 4.69) is 10.6 Å². The molecule has 0 aliphatic rings. The summed E-state index contributed by atoms with van der Waals surface area (Å²) < 4.78 is 31.2. The van der Waals surface area contributed by atoms with Crippen molar-refractivity contribution in [3.63, 3.8) is 0 Å². The molecule has 0 saturated heterocycles. The van der Waals surface area contributed by atoms with Gasteiger partial charge in [-0.15, -0.1) is 11.3 Å². The molecule has 1 heterocycles. The summed E-state index contributed by atoms with van der Waals surface area (Å²) >= 11 is 6.47. The van der Waals surface area contributed by atoms with E-state index in [-0.39, 0.29) is 10.8 Å². The quantitative estimate of drug-likeness (QED) is 0.636. The van der Waals surface area contributed by atoms with E-state index in [1.165, 1.54) is 24.5 Å². The van der Waals surface area contributed by atoms with Gasteiger partial charge in [0.05, 0.1) is 18.4 Å². The van der Waals surface area contributed by atoms with Gasteiger partial charge >= 0.3 is 5.97 Å². The predicted octanol–water partition coefficient (Wildman–Crippen LogP) is 4.18. The summed E-state index contributed by atoms with van der Waals surface area (Å²) in [7, 11) is 1.29. The highest BCUT2D eigenvalue weighted by atomic mass is 32.1. The van der Waals surface area contributed by atoms with Crippen LogP contribution in [0, 0.1) is 11.6 Å². The standard InChI is InChI=1S/C15H14F2N2O2S2/c1-3-9-7-10(14(20)21-2)13(23-9)19-15(22)18-12-5-4-8(16)6-11(12)17/h4-7H,3H2,1-2H3,(H2,18,19,22). The Morgan fingerprint density at radius 3 is 2.65 bits per heavy atom. The smallest absolute Gasteiger partial charge is 0.340 e. The summed E-state index contributed by atoms with van der Waals surface area (Å²) in [5, 5.41) is 6.08. The van der Waals surface area contributed by atoms with Gasteiger partial charge in [-0.1, -0.05) is 6.92 Å². The molecular formula is C15H14F2N2O2S2. The molecule has 0 unspecified atom stereocenters. The SMILES string of the molecule is CCc1cc(C(=O)OC)c(NC(=S)Nc2ccc(F)cc2F)s1. The van der Waals surface area contributed by atoms with Crippen LogP contribution in [0.1, 0.15) is 22.2 Å². The minimum atomic E-state index is -0.761. The van der Waals surface area contributed by atoms with Crippen LogP contribution in [0.15, 0.2) is 24.3 Å². The number of rotatable bonds is 4. The summed E-state index contributed by atoms with van der Waals surface area (Å²) in [5.74, 6) is -1.92. The zero-order chi connectivity index (χ0) is 17.0. The molecular weight excluding hydrogens is 342 g/mol. The summed E-state index contributed by atoms with van der Waals surface area (Å²) in [6.45, 7) is 1.96. The zero-order valence-electron chi connectivity index (χ0n) is 12.4. The highest BCUT2D eigenvalue weighted by Gasteiger charge is 2.17. The molecule has 2 N–H and O–H groups in total. The summed E-state index contributed by atoms with van der Waals surface area (Å²) in [5.41, 5.74) is 0.397. The lowest BCUT2D eigenvalue weighted by molar-refractivity contribution is 0.0602. The predicted molar refractivity (Wildman–Crippen MR) is 91.2 cm³/mol.